The Morgan fingerprint density at radius 3 is 2.14 bits per heavy atom. The van der Waals surface area contributed by atoms with E-state index >= 15 is 0 Å². The molecule has 3 heteroatoms. The number of ether oxygens (including phenoxy) is 1. The summed E-state index contributed by atoms with van der Waals surface area (Å²) in [5.41, 5.74) is 3.46. The molecule has 2 nitrogen and oxygen atoms in total. The molecule has 0 heterocycles. The molecule has 2 aromatic carbocycles. The van der Waals surface area contributed by atoms with Crippen LogP contribution in [-0.2, 0) is 16.0 Å². The van der Waals surface area contributed by atoms with Gasteiger partial charge in [0.25, 0.3) is 0 Å². The normalized spacial score (nSPS) is 10.6. The Morgan fingerprint density at radius 1 is 1.00 bits per heavy atom. The highest BCUT2D eigenvalue weighted by Crippen LogP contribution is 2.25. The first-order chi connectivity index (χ1) is 10.7. The Labute approximate surface area is 136 Å². The molecule has 116 valence electrons. The molecule has 0 aromatic heterocycles. The topological polar surface area (TPSA) is 26.3 Å². The molecule has 22 heavy (non-hydrogen) atoms. The van der Waals surface area contributed by atoms with Gasteiger partial charge >= 0.3 is 0 Å². The predicted molar refractivity (Wildman–Crippen MR) is 93.5 cm³/mol. The second-order valence-corrected chi connectivity index (χ2v) is 6.46. The molecular weight excluding hydrogens is 292 g/mol. The van der Waals surface area contributed by atoms with Gasteiger partial charge in [-0.1, -0.05) is 36.4 Å². The maximum atomic E-state index is 11.1. The number of Topliss-reactive ketones (excluding diaryl/α,β-unsaturated/α-hetero) is 1. The molecule has 0 amide bonds. The molecule has 0 saturated heterocycles. The maximum Gasteiger partial charge on any atom is 0.134 e. The third-order valence-electron chi connectivity index (χ3n) is 3.36. The Hall–Kier alpha value is -1.58. The van der Waals surface area contributed by atoms with Gasteiger partial charge in [-0.05, 0) is 42.2 Å². The van der Waals surface area contributed by atoms with E-state index in [1.165, 1.54) is 16.0 Å². The van der Waals surface area contributed by atoms with Crippen LogP contribution in [0.15, 0.2) is 53.4 Å². The monoisotopic (exact) mass is 314 g/mol. The smallest absolute Gasteiger partial charge is 0.134 e. The van der Waals surface area contributed by atoms with Crippen LogP contribution in [0.2, 0.25) is 0 Å². The van der Waals surface area contributed by atoms with Crippen LogP contribution < -0.4 is 0 Å². The Balaban J connectivity index is 1.96. The standard InChI is InChI=1S/C19H22O2S/c1-15(20)14-16-4-6-17(7-5-16)18-8-10-19(11-9-18)22-13-3-12-21-2/h4-11H,3,12-14H2,1-2H3. The van der Waals surface area contributed by atoms with Crippen LogP contribution in [0.5, 0.6) is 0 Å². The van der Waals surface area contributed by atoms with Crippen LogP contribution >= 0.6 is 11.8 Å². The second-order valence-electron chi connectivity index (χ2n) is 5.29. The van der Waals surface area contributed by atoms with Gasteiger partial charge < -0.3 is 4.74 Å². The minimum atomic E-state index is 0.197. The van der Waals surface area contributed by atoms with Crippen molar-refractivity contribution in [2.24, 2.45) is 0 Å². The number of hydrogen-bond acceptors (Lipinski definition) is 3. The van der Waals surface area contributed by atoms with Crippen LogP contribution in [0.4, 0.5) is 0 Å². The lowest BCUT2D eigenvalue weighted by atomic mass is 10.0. The van der Waals surface area contributed by atoms with Crippen LogP contribution in [0, 0.1) is 0 Å². The van der Waals surface area contributed by atoms with Crippen molar-refractivity contribution in [3.05, 3.63) is 54.1 Å². The lowest BCUT2D eigenvalue weighted by Gasteiger charge is -2.06. The van der Waals surface area contributed by atoms with Gasteiger partial charge in [-0.3, -0.25) is 4.79 Å². The molecule has 0 radical (unpaired) electrons. The average Bonchev–Trinajstić information content (AvgIpc) is 2.52. The lowest BCUT2D eigenvalue weighted by molar-refractivity contribution is -0.116. The predicted octanol–water partition coefficient (Wildman–Crippen LogP) is 4.61. The van der Waals surface area contributed by atoms with Gasteiger partial charge in [-0.15, -0.1) is 11.8 Å². The first kappa shape index (κ1) is 16.8. The fraction of sp³-hybridized carbons (Fsp3) is 0.316. The summed E-state index contributed by atoms with van der Waals surface area (Å²) in [5.74, 6) is 1.27. The SMILES string of the molecule is COCCCSc1ccc(-c2ccc(CC(C)=O)cc2)cc1. The van der Waals surface area contributed by atoms with E-state index in [9.17, 15) is 4.79 Å². The van der Waals surface area contributed by atoms with E-state index < -0.39 is 0 Å². The first-order valence-electron chi connectivity index (χ1n) is 7.49. The molecule has 0 bridgehead atoms. The van der Waals surface area contributed by atoms with Crippen molar-refractivity contribution in [2.75, 3.05) is 19.5 Å². The highest BCUT2D eigenvalue weighted by molar-refractivity contribution is 7.99. The van der Waals surface area contributed by atoms with Crippen molar-refractivity contribution in [1.82, 2.24) is 0 Å². The van der Waals surface area contributed by atoms with E-state index in [1.54, 1.807) is 14.0 Å². The third-order valence-corrected chi connectivity index (χ3v) is 4.45. The summed E-state index contributed by atoms with van der Waals surface area (Å²) in [6.07, 6.45) is 1.58. The Kier molecular flexibility index (Phi) is 6.69. The highest BCUT2D eigenvalue weighted by atomic mass is 32.2. The number of benzene rings is 2. The van der Waals surface area contributed by atoms with E-state index in [0.29, 0.717) is 6.42 Å². The van der Waals surface area contributed by atoms with Crippen molar-refractivity contribution in [1.29, 1.82) is 0 Å². The minimum Gasteiger partial charge on any atom is -0.385 e. The van der Waals surface area contributed by atoms with Gasteiger partial charge in [-0.25, -0.2) is 0 Å². The average molecular weight is 314 g/mol. The zero-order valence-electron chi connectivity index (χ0n) is 13.2. The summed E-state index contributed by atoms with van der Waals surface area (Å²) in [6.45, 7) is 2.44. The summed E-state index contributed by atoms with van der Waals surface area (Å²) in [5, 5.41) is 0. The van der Waals surface area contributed by atoms with Crippen LogP contribution in [0.1, 0.15) is 18.9 Å². The molecule has 0 N–H and O–H groups in total. The van der Waals surface area contributed by atoms with Crippen molar-refractivity contribution < 1.29 is 9.53 Å². The molecule has 0 aliphatic carbocycles. The maximum absolute atomic E-state index is 11.1. The van der Waals surface area contributed by atoms with Gasteiger partial charge in [0.05, 0.1) is 0 Å². The number of hydrogen-bond donors (Lipinski definition) is 0. The molecule has 0 saturated carbocycles. The zero-order valence-corrected chi connectivity index (χ0v) is 14.0. The van der Waals surface area contributed by atoms with Gasteiger partial charge in [0.15, 0.2) is 0 Å². The molecule has 2 rings (SSSR count). The number of thioether (sulfide) groups is 1. The van der Waals surface area contributed by atoms with Crippen molar-refractivity contribution >= 4 is 17.5 Å². The zero-order chi connectivity index (χ0) is 15.8. The van der Waals surface area contributed by atoms with Gasteiger partial charge in [0.1, 0.15) is 5.78 Å². The van der Waals surface area contributed by atoms with Crippen LogP contribution in [0.3, 0.4) is 0 Å². The van der Waals surface area contributed by atoms with Crippen molar-refractivity contribution in [2.45, 2.75) is 24.7 Å². The van der Waals surface area contributed by atoms with Crippen molar-refractivity contribution in [3.8, 4) is 11.1 Å². The number of ketones is 1. The summed E-state index contributed by atoms with van der Waals surface area (Å²) < 4.78 is 5.06. The Morgan fingerprint density at radius 2 is 1.59 bits per heavy atom. The number of carbonyl (C=O) groups excluding carboxylic acids is 1. The molecule has 0 fully saturated rings. The van der Waals surface area contributed by atoms with E-state index in [-0.39, 0.29) is 5.78 Å². The fourth-order valence-corrected chi connectivity index (χ4v) is 3.07. The van der Waals surface area contributed by atoms with Crippen molar-refractivity contribution in [3.63, 3.8) is 0 Å². The van der Waals surface area contributed by atoms with Gasteiger partial charge in [0.2, 0.25) is 0 Å². The number of carbonyl (C=O) groups is 1. The lowest BCUT2D eigenvalue weighted by Crippen LogP contribution is -1.95. The minimum absolute atomic E-state index is 0.197. The summed E-state index contributed by atoms with van der Waals surface area (Å²) in [6, 6.07) is 16.9. The number of rotatable bonds is 8. The Bertz CT molecular complexity index is 588. The molecule has 0 aliphatic heterocycles. The molecule has 0 atom stereocenters. The summed E-state index contributed by atoms with van der Waals surface area (Å²) >= 11 is 1.86. The van der Waals surface area contributed by atoms with E-state index in [0.717, 1.165) is 24.3 Å². The molecular formula is C19H22O2S. The van der Waals surface area contributed by atoms with E-state index in [1.807, 2.05) is 23.9 Å². The van der Waals surface area contributed by atoms with Crippen LogP contribution in [0.25, 0.3) is 11.1 Å². The number of methoxy groups -OCH3 is 1. The molecule has 0 spiro atoms. The second kappa shape index (κ2) is 8.76. The van der Waals surface area contributed by atoms with Crippen LogP contribution in [-0.4, -0.2) is 25.3 Å². The summed E-state index contributed by atoms with van der Waals surface area (Å²) in [4.78, 5) is 12.4. The highest BCUT2D eigenvalue weighted by Gasteiger charge is 2.01. The largest absolute Gasteiger partial charge is 0.385 e. The molecule has 2 aromatic rings. The molecule has 0 aliphatic rings. The van der Waals surface area contributed by atoms with E-state index in [4.69, 9.17) is 4.74 Å². The molecule has 0 unspecified atom stereocenters. The summed E-state index contributed by atoms with van der Waals surface area (Å²) in [7, 11) is 1.74. The van der Waals surface area contributed by atoms with E-state index in [2.05, 4.69) is 36.4 Å². The van der Waals surface area contributed by atoms with Gasteiger partial charge in [0, 0.05) is 30.8 Å². The third kappa shape index (κ3) is 5.32. The fourth-order valence-electron chi connectivity index (χ4n) is 2.24. The first-order valence-corrected chi connectivity index (χ1v) is 8.48. The quantitative estimate of drug-likeness (QED) is 0.525. The van der Waals surface area contributed by atoms with Gasteiger partial charge in [-0.2, -0.15) is 0 Å².